The summed E-state index contributed by atoms with van der Waals surface area (Å²) in [5.74, 6) is 0.634. The molecule has 3 aromatic rings. The van der Waals surface area contributed by atoms with Gasteiger partial charge in [-0.1, -0.05) is 29.8 Å². The van der Waals surface area contributed by atoms with Gasteiger partial charge < -0.3 is 10.6 Å². The maximum absolute atomic E-state index is 12.1. The van der Waals surface area contributed by atoms with Crippen molar-refractivity contribution < 1.29 is 4.79 Å². The van der Waals surface area contributed by atoms with Crippen molar-refractivity contribution >= 4 is 34.7 Å². The highest BCUT2D eigenvalue weighted by atomic mass is 35.5. The molecule has 0 unspecified atom stereocenters. The van der Waals surface area contributed by atoms with Crippen LogP contribution in [0.5, 0.6) is 0 Å². The number of hydrogen-bond donors (Lipinski definition) is 2. The molecule has 2 N–H and O–H groups in total. The van der Waals surface area contributed by atoms with E-state index in [2.05, 4.69) is 47.7 Å². The Kier molecular flexibility index (Phi) is 5.54. The van der Waals surface area contributed by atoms with Crippen molar-refractivity contribution in [2.45, 2.75) is 20.3 Å². The Morgan fingerprint density at radius 3 is 2.27 bits per heavy atom. The molecule has 0 saturated heterocycles. The summed E-state index contributed by atoms with van der Waals surface area (Å²) in [5.41, 5.74) is 4.95. The monoisotopic (exact) mass is 365 g/mol. The molecule has 2 aromatic carbocycles. The van der Waals surface area contributed by atoms with Gasteiger partial charge in [-0.15, -0.1) is 0 Å². The van der Waals surface area contributed by atoms with Crippen LogP contribution in [-0.2, 0) is 11.2 Å². The molecule has 1 heterocycles. The Morgan fingerprint density at radius 1 is 0.962 bits per heavy atom. The summed E-state index contributed by atoms with van der Waals surface area (Å²) in [5, 5.41) is 6.78. The van der Waals surface area contributed by atoms with Gasteiger partial charge in [0.15, 0.2) is 0 Å². The molecule has 0 atom stereocenters. The van der Waals surface area contributed by atoms with Gasteiger partial charge in [0.25, 0.3) is 0 Å². The zero-order chi connectivity index (χ0) is 18.5. The molecule has 0 aliphatic rings. The average molecular weight is 366 g/mol. The first kappa shape index (κ1) is 18.0. The van der Waals surface area contributed by atoms with Gasteiger partial charge >= 0.3 is 0 Å². The largest absolute Gasteiger partial charge is 0.340 e. The molecule has 0 saturated carbocycles. The van der Waals surface area contributed by atoms with Crippen molar-refractivity contribution in [3.63, 3.8) is 0 Å². The first-order valence-electron chi connectivity index (χ1n) is 8.33. The molecular formula is C21H20ClN3O. The predicted molar refractivity (Wildman–Crippen MR) is 107 cm³/mol. The molecule has 5 heteroatoms. The van der Waals surface area contributed by atoms with Crippen molar-refractivity contribution in [1.82, 2.24) is 4.98 Å². The number of aryl methyl sites for hydroxylation is 2. The Hall–Kier alpha value is -2.85. The standard InChI is InChI=1S/C21H20ClN3O/c1-14-9-15(2)11-19(10-14)24-20-8-7-18(13-23-20)25-21(26)12-16-3-5-17(22)6-4-16/h3-11,13H,12H2,1-2H3,(H,23,24)(H,25,26). The van der Waals surface area contributed by atoms with Crippen LogP contribution in [-0.4, -0.2) is 10.9 Å². The Balaban J connectivity index is 1.60. The molecule has 4 nitrogen and oxygen atoms in total. The minimum absolute atomic E-state index is 0.0934. The Bertz CT molecular complexity index is 885. The number of carbonyl (C=O) groups is 1. The lowest BCUT2D eigenvalue weighted by Crippen LogP contribution is -2.14. The number of benzene rings is 2. The van der Waals surface area contributed by atoms with Crippen LogP contribution in [0, 0.1) is 13.8 Å². The van der Waals surface area contributed by atoms with E-state index in [1.807, 2.05) is 24.3 Å². The van der Waals surface area contributed by atoms with Gasteiger partial charge in [-0.05, 0) is 66.9 Å². The van der Waals surface area contributed by atoms with Crippen molar-refractivity contribution in [3.05, 3.63) is 82.5 Å². The van der Waals surface area contributed by atoms with Crippen molar-refractivity contribution in [2.24, 2.45) is 0 Å². The normalized spacial score (nSPS) is 10.4. The lowest BCUT2D eigenvalue weighted by atomic mass is 10.1. The molecule has 0 fully saturated rings. The molecule has 0 aliphatic carbocycles. The van der Waals surface area contributed by atoms with Gasteiger partial charge in [0, 0.05) is 10.7 Å². The lowest BCUT2D eigenvalue weighted by molar-refractivity contribution is -0.115. The quantitative estimate of drug-likeness (QED) is 0.647. The number of nitrogens with zero attached hydrogens (tertiary/aromatic N) is 1. The number of aromatic nitrogens is 1. The number of hydrogen-bond acceptors (Lipinski definition) is 3. The summed E-state index contributed by atoms with van der Waals surface area (Å²) in [6, 6.07) is 17.2. The molecule has 132 valence electrons. The second kappa shape index (κ2) is 8.02. The summed E-state index contributed by atoms with van der Waals surface area (Å²) in [6.07, 6.45) is 1.94. The first-order chi connectivity index (χ1) is 12.5. The number of pyridine rings is 1. The molecular weight excluding hydrogens is 346 g/mol. The van der Waals surface area contributed by atoms with Crippen LogP contribution < -0.4 is 10.6 Å². The molecule has 1 aromatic heterocycles. The van der Waals surface area contributed by atoms with Gasteiger partial charge in [-0.25, -0.2) is 4.98 Å². The van der Waals surface area contributed by atoms with Gasteiger partial charge in [0.1, 0.15) is 5.82 Å². The third-order valence-corrected chi connectivity index (χ3v) is 4.07. The number of amides is 1. The molecule has 1 amide bonds. The average Bonchev–Trinajstić information content (AvgIpc) is 2.58. The number of nitrogens with one attached hydrogen (secondary N) is 2. The van der Waals surface area contributed by atoms with Gasteiger partial charge in [0.2, 0.25) is 5.91 Å². The fourth-order valence-corrected chi connectivity index (χ4v) is 2.86. The van der Waals surface area contributed by atoms with Crippen molar-refractivity contribution in [3.8, 4) is 0 Å². The molecule has 26 heavy (non-hydrogen) atoms. The minimum Gasteiger partial charge on any atom is -0.340 e. The third-order valence-electron chi connectivity index (χ3n) is 3.82. The van der Waals surface area contributed by atoms with Crippen molar-refractivity contribution in [2.75, 3.05) is 10.6 Å². The highest BCUT2D eigenvalue weighted by molar-refractivity contribution is 6.30. The molecule has 0 bridgehead atoms. The zero-order valence-corrected chi connectivity index (χ0v) is 15.5. The summed E-state index contributed by atoms with van der Waals surface area (Å²) in [7, 11) is 0. The van der Waals surface area contributed by atoms with Crippen LogP contribution in [0.15, 0.2) is 60.8 Å². The fourth-order valence-electron chi connectivity index (χ4n) is 2.73. The van der Waals surface area contributed by atoms with Crippen LogP contribution in [0.25, 0.3) is 0 Å². The number of halogens is 1. The second-order valence-corrected chi connectivity index (χ2v) is 6.72. The van der Waals surface area contributed by atoms with Crippen LogP contribution >= 0.6 is 11.6 Å². The first-order valence-corrected chi connectivity index (χ1v) is 8.71. The Labute approximate surface area is 158 Å². The van der Waals surface area contributed by atoms with Crippen LogP contribution in [0.2, 0.25) is 5.02 Å². The maximum atomic E-state index is 12.1. The van der Waals surface area contributed by atoms with Crippen molar-refractivity contribution in [1.29, 1.82) is 0 Å². The molecule has 3 rings (SSSR count). The van der Waals surface area contributed by atoms with Crippen LogP contribution in [0.4, 0.5) is 17.2 Å². The van der Waals surface area contributed by atoms with E-state index in [1.165, 1.54) is 11.1 Å². The van der Waals surface area contributed by atoms with E-state index in [0.29, 0.717) is 17.1 Å². The van der Waals surface area contributed by atoms with E-state index in [4.69, 9.17) is 11.6 Å². The summed E-state index contributed by atoms with van der Waals surface area (Å²) < 4.78 is 0. The number of rotatable bonds is 5. The summed E-state index contributed by atoms with van der Waals surface area (Å²) in [6.45, 7) is 4.12. The van der Waals surface area contributed by atoms with E-state index in [-0.39, 0.29) is 5.91 Å². The van der Waals surface area contributed by atoms with Crippen LogP contribution in [0.1, 0.15) is 16.7 Å². The SMILES string of the molecule is Cc1cc(C)cc(Nc2ccc(NC(=O)Cc3ccc(Cl)cc3)cn2)c1. The second-order valence-electron chi connectivity index (χ2n) is 6.28. The van der Waals surface area contributed by atoms with Gasteiger partial charge in [0.05, 0.1) is 18.3 Å². The molecule has 0 aliphatic heterocycles. The van der Waals surface area contributed by atoms with E-state index in [0.717, 1.165) is 17.1 Å². The van der Waals surface area contributed by atoms with E-state index < -0.39 is 0 Å². The molecule has 0 spiro atoms. The van der Waals surface area contributed by atoms with Crippen LogP contribution in [0.3, 0.4) is 0 Å². The smallest absolute Gasteiger partial charge is 0.228 e. The fraction of sp³-hybridized carbons (Fsp3) is 0.143. The zero-order valence-electron chi connectivity index (χ0n) is 14.7. The summed E-state index contributed by atoms with van der Waals surface area (Å²) >= 11 is 5.85. The minimum atomic E-state index is -0.0934. The van der Waals surface area contributed by atoms with E-state index >= 15 is 0 Å². The summed E-state index contributed by atoms with van der Waals surface area (Å²) in [4.78, 5) is 16.5. The Morgan fingerprint density at radius 2 is 1.65 bits per heavy atom. The molecule has 0 radical (unpaired) electrons. The van der Waals surface area contributed by atoms with E-state index in [9.17, 15) is 4.79 Å². The number of anilines is 3. The number of carbonyl (C=O) groups excluding carboxylic acids is 1. The van der Waals surface area contributed by atoms with Gasteiger partial charge in [-0.3, -0.25) is 4.79 Å². The van der Waals surface area contributed by atoms with Gasteiger partial charge in [-0.2, -0.15) is 0 Å². The third kappa shape index (κ3) is 5.07. The topological polar surface area (TPSA) is 54.0 Å². The highest BCUT2D eigenvalue weighted by Gasteiger charge is 2.05. The lowest BCUT2D eigenvalue weighted by Gasteiger charge is -2.09. The van der Waals surface area contributed by atoms with E-state index in [1.54, 1.807) is 18.3 Å². The predicted octanol–water partition coefficient (Wildman–Crippen LogP) is 5.28. The highest BCUT2D eigenvalue weighted by Crippen LogP contribution is 2.19. The maximum Gasteiger partial charge on any atom is 0.228 e.